The van der Waals surface area contributed by atoms with Crippen molar-refractivity contribution in [1.29, 1.82) is 0 Å². The molecule has 2 heterocycles. The van der Waals surface area contributed by atoms with Crippen LogP contribution in [0.25, 0.3) is 0 Å². The van der Waals surface area contributed by atoms with Crippen LogP contribution in [0.4, 0.5) is 14.6 Å². The largest absolute Gasteiger partial charge is 0.349 e. The number of benzene rings is 1. The van der Waals surface area contributed by atoms with E-state index in [9.17, 15) is 17.2 Å². The Morgan fingerprint density at radius 1 is 1.25 bits per heavy atom. The number of halogens is 2. The summed E-state index contributed by atoms with van der Waals surface area (Å²) in [5.41, 5.74) is 0.238. The van der Waals surface area contributed by atoms with Crippen molar-refractivity contribution in [3.8, 4) is 0 Å². The van der Waals surface area contributed by atoms with Crippen LogP contribution in [-0.4, -0.2) is 29.4 Å². The van der Waals surface area contributed by atoms with Crippen molar-refractivity contribution in [3.05, 3.63) is 47.7 Å². The van der Waals surface area contributed by atoms with E-state index in [4.69, 9.17) is 0 Å². The minimum atomic E-state index is -3.63. The summed E-state index contributed by atoms with van der Waals surface area (Å²) in [5, 5.41) is 3.31. The number of aromatic nitrogens is 2. The van der Waals surface area contributed by atoms with Crippen LogP contribution in [0.5, 0.6) is 0 Å². The number of hydrogen-bond acceptors (Lipinski definition) is 4. The highest BCUT2D eigenvalue weighted by Crippen LogP contribution is 2.37. The van der Waals surface area contributed by atoms with E-state index in [2.05, 4.69) is 5.10 Å². The fourth-order valence-electron chi connectivity index (χ4n) is 3.02. The summed E-state index contributed by atoms with van der Waals surface area (Å²) in [6.45, 7) is 3.71. The van der Waals surface area contributed by atoms with Crippen molar-refractivity contribution in [2.45, 2.75) is 38.0 Å². The summed E-state index contributed by atoms with van der Waals surface area (Å²) in [6.07, 6.45) is 2.79. The van der Waals surface area contributed by atoms with E-state index in [-0.39, 0.29) is 5.56 Å². The van der Waals surface area contributed by atoms with Crippen molar-refractivity contribution >= 4 is 15.8 Å². The van der Waals surface area contributed by atoms with Crippen molar-refractivity contribution < 1.29 is 17.2 Å². The molecule has 5 nitrogen and oxygen atoms in total. The summed E-state index contributed by atoms with van der Waals surface area (Å²) >= 11 is 0. The average Bonchev–Trinajstić information content (AvgIpc) is 3.17. The fourth-order valence-corrected chi connectivity index (χ4v) is 4.03. The highest BCUT2D eigenvalue weighted by Gasteiger charge is 2.33. The van der Waals surface area contributed by atoms with Crippen molar-refractivity contribution in [2.75, 3.05) is 11.4 Å². The maximum Gasteiger partial charge on any atom is 0.258 e. The Hall–Kier alpha value is -1.96. The Kier molecular flexibility index (Phi) is 4.33. The van der Waals surface area contributed by atoms with E-state index in [1.165, 1.54) is 12.3 Å². The normalized spacial score (nSPS) is 18.5. The predicted octanol–water partition coefficient (Wildman–Crippen LogP) is 3.09. The van der Waals surface area contributed by atoms with Gasteiger partial charge in [0.1, 0.15) is 17.5 Å². The molecule has 130 valence electrons. The number of hydrogen-bond donors (Lipinski definition) is 0. The lowest BCUT2D eigenvalue weighted by atomic mass is 10.0. The predicted molar refractivity (Wildman–Crippen MR) is 87.4 cm³/mol. The van der Waals surface area contributed by atoms with Crippen LogP contribution in [0.3, 0.4) is 0 Å². The fraction of sp³-hybridized carbons (Fsp3) is 0.438. The standard InChI is InChI=1S/C16H19F2N3O2S/c1-11(2)24(22,23)21-16(7-8-19-21)20-9-3-4-15(20)13-10-12(17)5-6-14(13)18/h5-8,10-11,15H,3-4,9H2,1-2H3/t15-/m1/s1. The first-order valence-corrected chi connectivity index (χ1v) is 9.32. The Morgan fingerprint density at radius 3 is 2.71 bits per heavy atom. The maximum absolute atomic E-state index is 14.2. The van der Waals surface area contributed by atoms with Crippen LogP contribution >= 0.6 is 0 Å². The van der Waals surface area contributed by atoms with Gasteiger partial charge in [0, 0.05) is 18.2 Å². The van der Waals surface area contributed by atoms with Gasteiger partial charge in [-0.1, -0.05) is 0 Å². The zero-order valence-corrected chi connectivity index (χ0v) is 14.3. The average molecular weight is 355 g/mol. The third-order valence-corrected chi connectivity index (χ3v) is 6.25. The molecule has 1 aliphatic rings. The van der Waals surface area contributed by atoms with Crippen LogP contribution in [0.1, 0.15) is 38.3 Å². The molecule has 0 N–H and O–H groups in total. The van der Waals surface area contributed by atoms with Crippen LogP contribution in [0.2, 0.25) is 0 Å². The van der Waals surface area contributed by atoms with E-state index < -0.39 is 32.9 Å². The third kappa shape index (κ3) is 2.79. The molecule has 0 spiro atoms. The lowest BCUT2D eigenvalue weighted by Crippen LogP contribution is -2.31. The topological polar surface area (TPSA) is 55.2 Å². The van der Waals surface area contributed by atoms with Gasteiger partial charge >= 0.3 is 0 Å². The molecule has 1 aliphatic heterocycles. The van der Waals surface area contributed by atoms with E-state index in [0.29, 0.717) is 18.8 Å². The van der Waals surface area contributed by atoms with E-state index >= 15 is 0 Å². The molecular formula is C16H19F2N3O2S. The van der Waals surface area contributed by atoms with Crippen molar-refractivity contribution in [1.82, 2.24) is 9.19 Å². The van der Waals surface area contributed by atoms with Gasteiger partial charge in [-0.2, -0.15) is 5.10 Å². The van der Waals surface area contributed by atoms with Crippen LogP contribution in [-0.2, 0) is 10.0 Å². The summed E-state index contributed by atoms with van der Waals surface area (Å²) in [7, 11) is -3.63. The maximum atomic E-state index is 14.2. The third-order valence-electron chi connectivity index (χ3n) is 4.29. The van der Waals surface area contributed by atoms with Gasteiger partial charge in [0.05, 0.1) is 17.5 Å². The smallest absolute Gasteiger partial charge is 0.258 e. The summed E-state index contributed by atoms with van der Waals surface area (Å²) < 4.78 is 53.7. The summed E-state index contributed by atoms with van der Waals surface area (Å²) in [6, 6.07) is 4.53. The number of rotatable bonds is 4. The van der Waals surface area contributed by atoms with E-state index in [1.807, 2.05) is 0 Å². The Labute approximate surface area is 139 Å². The lowest BCUT2D eigenvalue weighted by molar-refractivity contribution is 0.555. The van der Waals surface area contributed by atoms with Crippen LogP contribution in [0, 0.1) is 11.6 Å². The van der Waals surface area contributed by atoms with Gasteiger partial charge in [0.25, 0.3) is 10.0 Å². The van der Waals surface area contributed by atoms with Crippen LogP contribution < -0.4 is 4.90 Å². The van der Waals surface area contributed by atoms with Gasteiger partial charge in [-0.25, -0.2) is 17.2 Å². The molecular weight excluding hydrogens is 336 g/mol. The van der Waals surface area contributed by atoms with E-state index in [0.717, 1.165) is 22.6 Å². The highest BCUT2D eigenvalue weighted by atomic mass is 32.2. The molecule has 8 heteroatoms. The Morgan fingerprint density at radius 2 is 2.00 bits per heavy atom. The molecule has 1 aromatic carbocycles. The Bertz CT molecular complexity index is 849. The molecule has 2 aromatic rings. The second-order valence-electron chi connectivity index (χ2n) is 6.14. The molecule has 0 saturated carbocycles. The molecule has 0 unspecified atom stereocenters. The van der Waals surface area contributed by atoms with Gasteiger partial charge in [-0.15, -0.1) is 4.09 Å². The quantitative estimate of drug-likeness (QED) is 0.846. The van der Waals surface area contributed by atoms with Crippen LogP contribution in [0.15, 0.2) is 30.5 Å². The van der Waals surface area contributed by atoms with E-state index in [1.54, 1.807) is 24.8 Å². The molecule has 0 bridgehead atoms. The molecule has 1 fully saturated rings. The van der Waals surface area contributed by atoms with Gasteiger partial charge in [-0.05, 0) is 44.9 Å². The molecule has 0 amide bonds. The zero-order chi connectivity index (χ0) is 17.5. The second-order valence-corrected chi connectivity index (χ2v) is 8.46. The zero-order valence-electron chi connectivity index (χ0n) is 13.5. The first-order chi connectivity index (χ1) is 11.3. The van der Waals surface area contributed by atoms with Gasteiger partial charge < -0.3 is 4.90 Å². The SMILES string of the molecule is CC(C)S(=O)(=O)n1nccc1N1CCC[C@@H]1c1cc(F)ccc1F. The van der Waals surface area contributed by atoms with Gasteiger partial charge in [0.15, 0.2) is 0 Å². The molecule has 0 radical (unpaired) electrons. The number of anilines is 1. The molecule has 24 heavy (non-hydrogen) atoms. The Balaban J connectivity index is 2.04. The first kappa shape index (κ1) is 16.9. The lowest BCUT2D eigenvalue weighted by Gasteiger charge is -2.27. The molecule has 1 aromatic heterocycles. The number of nitrogens with zero attached hydrogens (tertiary/aromatic N) is 3. The van der Waals surface area contributed by atoms with Gasteiger partial charge in [0.2, 0.25) is 0 Å². The second kappa shape index (κ2) is 6.16. The minimum absolute atomic E-state index is 0.238. The molecule has 1 atom stereocenters. The highest BCUT2D eigenvalue weighted by molar-refractivity contribution is 7.90. The van der Waals surface area contributed by atoms with Crippen molar-refractivity contribution in [3.63, 3.8) is 0 Å². The van der Waals surface area contributed by atoms with Gasteiger partial charge in [-0.3, -0.25) is 0 Å². The first-order valence-electron chi connectivity index (χ1n) is 7.82. The summed E-state index contributed by atoms with van der Waals surface area (Å²) in [5.74, 6) is -0.623. The molecule has 1 saturated heterocycles. The molecule has 3 rings (SSSR count). The van der Waals surface area contributed by atoms with Crippen molar-refractivity contribution in [2.24, 2.45) is 0 Å². The summed E-state index contributed by atoms with van der Waals surface area (Å²) in [4.78, 5) is 1.78. The minimum Gasteiger partial charge on any atom is -0.349 e. The monoisotopic (exact) mass is 355 g/mol. The molecule has 0 aliphatic carbocycles.